The van der Waals surface area contributed by atoms with Gasteiger partial charge in [0.2, 0.25) is 0 Å². The molecular weight excluding hydrogens is 829 g/mol. The van der Waals surface area contributed by atoms with Crippen molar-refractivity contribution in [2.24, 2.45) is 0 Å². The summed E-state index contributed by atoms with van der Waals surface area (Å²) in [4.78, 5) is 0. The van der Waals surface area contributed by atoms with Crippen molar-refractivity contribution >= 4 is 45.8 Å². The van der Waals surface area contributed by atoms with Crippen LogP contribution in [0.2, 0.25) is 0 Å². The monoisotopic (exact) mass is 882 g/mol. The Hall–Kier alpha value is -7.54. The molecule has 0 heteroatoms. The number of rotatable bonds is 5. The SMILES string of the molecule is CC1(C)c2ccccc2-c2ccc(-c3ccc4c(-c5cccc(-c6cc7c(c8c6C=CCC8)CCC=C7)c5)c5ccccc5c(-c5cccc(-c6cc7c(c8c6C=CCC8)CCC=C7)c5)c4c3)cc21. The summed E-state index contributed by atoms with van der Waals surface area (Å²) < 4.78 is 0. The minimum Gasteiger partial charge on any atom is -0.0836 e. The maximum Gasteiger partial charge on any atom is 0.0159 e. The van der Waals surface area contributed by atoms with E-state index in [4.69, 9.17) is 0 Å². The zero-order valence-electron chi connectivity index (χ0n) is 39.6. The lowest BCUT2D eigenvalue weighted by Gasteiger charge is -2.24. The van der Waals surface area contributed by atoms with Gasteiger partial charge >= 0.3 is 0 Å². The van der Waals surface area contributed by atoms with E-state index in [1.165, 1.54) is 122 Å². The van der Waals surface area contributed by atoms with Crippen LogP contribution in [0.3, 0.4) is 0 Å². The molecular formula is C69H54. The van der Waals surface area contributed by atoms with E-state index >= 15 is 0 Å². The van der Waals surface area contributed by atoms with Crippen LogP contribution in [-0.4, -0.2) is 0 Å². The van der Waals surface area contributed by atoms with Gasteiger partial charge in [-0.2, -0.15) is 0 Å². The summed E-state index contributed by atoms with van der Waals surface area (Å²) in [5.41, 5.74) is 30.1. The molecule has 0 saturated carbocycles. The molecule has 0 spiro atoms. The molecule has 14 rings (SSSR count). The first-order valence-corrected chi connectivity index (χ1v) is 25.5. The molecule has 0 heterocycles. The molecule has 0 amide bonds. The van der Waals surface area contributed by atoms with Crippen molar-refractivity contribution in [2.75, 3.05) is 0 Å². The number of benzene rings is 9. The fourth-order valence-electron chi connectivity index (χ4n) is 13.2. The second-order valence-electron chi connectivity index (χ2n) is 20.7. The molecule has 330 valence electrons. The van der Waals surface area contributed by atoms with Gasteiger partial charge in [-0.3, -0.25) is 0 Å². The lowest BCUT2D eigenvalue weighted by Crippen LogP contribution is -2.14. The molecule has 0 aliphatic heterocycles. The van der Waals surface area contributed by atoms with Gasteiger partial charge in [0.1, 0.15) is 0 Å². The highest BCUT2D eigenvalue weighted by Gasteiger charge is 2.35. The van der Waals surface area contributed by atoms with Gasteiger partial charge in [-0.05, 0) is 232 Å². The Bertz CT molecular complexity index is 3800. The van der Waals surface area contributed by atoms with Crippen molar-refractivity contribution < 1.29 is 0 Å². The molecule has 0 fully saturated rings. The third-order valence-electron chi connectivity index (χ3n) is 16.5. The van der Waals surface area contributed by atoms with Crippen molar-refractivity contribution in [2.45, 2.75) is 70.6 Å². The molecule has 9 aromatic carbocycles. The smallest absolute Gasteiger partial charge is 0.0159 e. The van der Waals surface area contributed by atoms with Crippen LogP contribution >= 0.6 is 0 Å². The van der Waals surface area contributed by atoms with Crippen LogP contribution in [0.1, 0.15) is 95.2 Å². The highest BCUT2D eigenvalue weighted by atomic mass is 14.4. The second-order valence-corrected chi connectivity index (χ2v) is 20.7. The Balaban J connectivity index is 1.00. The van der Waals surface area contributed by atoms with Crippen molar-refractivity contribution in [3.05, 3.63) is 226 Å². The first-order chi connectivity index (χ1) is 34.0. The van der Waals surface area contributed by atoms with Crippen LogP contribution in [0.25, 0.3) is 113 Å². The van der Waals surface area contributed by atoms with Crippen molar-refractivity contribution in [3.63, 3.8) is 0 Å². The zero-order valence-corrected chi connectivity index (χ0v) is 39.6. The van der Waals surface area contributed by atoms with E-state index in [0.29, 0.717) is 0 Å². The molecule has 0 nitrogen and oxygen atoms in total. The quantitative estimate of drug-likeness (QED) is 0.151. The molecule has 0 aromatic heterocycles. The van der Waals surface area contributed by atoms with E-state index < -0.39 is 0 Å². The van der Waals surface area contributed by atoms with Gasteiger partial charge in [-0.15, -0.1) is 0 Å². The van der Waals surface area contributed by atoms with Crippen molar-refractivity contribution in [1.82, 2.24) is 0 Å². The van der Waals surface area contributed by atoms with Gasteiger partial charge in [0.15, 0.2) is 0 Å². The Labute approximate surface area is 406 Å². The molecule has 0 bridgehead atoms. The third kappa shape index (κ3) is 6.34. The molecule has 0 N–H and O–H groups in total. The maximum absolute atomic E-state index is 2.51. The number of hydrogen-bond acceptors (Lipinski definition) is 0. The van der Waals surface area contributed by atoms with Gasteiger partial charge < -0.3 is 0 Å². The largest absolute Gasteiger partial charge is 0.0836 e. The third-order valence-corrected chi connectivity index (χ3v) is 16.5. The molecule has 0 saturated heterocycles. The normalized spacial score (nSPS) is 15.7. The molecule has 0 atom stereocenters. The Morgan fingerprint density at radius 3 is 1.42 bits per heavy atom. The van der Waals surface area contributed by atoms with Crippen molar-refractivity contribution in [3.8, 4) is 66.8 Å². The maximum atomic E-state index is 2.51. The molecule has 9 aromatic rings. The number of hydrogen-bond donors (Lipinski definition) is 0. The van der Waals surface area contributed by atoms with Gasteiger partial charge in [0.25, 0.3) is 0 Å². The fourth-order valence-corrected chi connectivity index (χ4v) is 13.2. The average Bonchev–Trinajstić information content (AvgIpc) is 3.64. The summed E-state index contributed by atoms with van der Waals surface area (Å²) >= 11 is 0. The standard InChI is InChI=1S/C69H54/c1-69(2)65-32-14-13-29-57(65)58-35-33-44(42-66(58)69)43-34-36-61-64(39-43)68(50-22-16-20-46(38-50)63-41-48-18-4-6-24-52(48)54-26-8-10-28-56(54)63)60-31-12-11-30-59(60)67(61)49-21-15-19-45(37-49)62-40-47-17-3-5-23-51(47)53-25-7-9-27-55(53)62/h3-4,9-22,27-42H,5-8,23-26H2,1-2H3. The molecule has 69 heavy (non-hydrogen) atoms. The Morgan fingerprint density at radius 1 is 0.319 bits per heavy atom. The van der Waals surface area contributed by atoms with E-state index in [9.17, 15) is 0 Å². The minimum atomic E-state index is -0.0803. The molecule has 5 aliphatic carbocycles. The van der Waals surface area contributed by atoms with E-state index in [-0.39, 0.29) is 5.41 Å². The zero-order chi connectivity index (χ0) is 45.8. The van der Waals surface area contributed by atoms with Gasteiger partial charge in [-0.1, -0.05) is 172 Å². The number of fused-ring (bicyclic) bond motifs is 11. The summed E-state index contributed by atoms with van der Waals surface area (Å²) in [5.74, 6) is 0. The van der Waals surface area contributed by atoms with E-state index in [0.717, 1.165) is 51.4 Å². The van der Waals surface area contributed by atoms with Gasteiger partial charge in [0.05, 0.1) is 0 Å². The molecule has 0 radical (unpaired) electrons. The van der Waals surface area contributed by atoms with Crippen molar-refractivity contribution in [1.29, 1.82) is 0 Å². The lowest BCUT2D eigenvalue weighted by atomic mass is 9.80. The van der Waals surface area contributed by atoms with E-state index in [2.05, 4.69) is 208 Å². The first kappa shape index (κ1) is 40.5. The van der Waals surface area contributed by atoms with Gasteiger partial charge in [-0.25, -0.2) is 0 Å². The van der Waals surface area contributed by atoms with E-state index in [1.807, 2.05) is 0 Å². The molecule has 0 unspecified atom stereocenters. The highest BCUT2D eigenvalue weighted by molar-refractivity contribution is 6.22. The first-order valence-electron chi connectivity index (χ1n) is 25.5. The summed E-state index contributed by atoms with van der Waals surface area (Å²) in [6.45, 7) is 4.77. The van der Waals surface area contributed by atoms with Crippen LogP contribution in [0, 0.1) is 0 Å². The average molecular weight is 883 g/mol. The summed E-state index contributed by atoms with van der Waals surface area (Å²) in [6.07, 6.45) is 28.0. The predicted octanol–water partition coefficient (Wildman–Crippen LogP) is 18.5. The van der Waals surface area contributed by atoms with Gasteiger partial charge in [0, 0.05) is 5.41 Å². The second kappa shape index (κ2) is 15.8. The highest BCUT2D eigenvalue weighted by Crippen LogP contribution is 2.51. The minimum absolute atomic E-state index is 0.0803. The van der Waals surface area contributed by atoms with Crippen LogP contribution in [-0.2, 0) is 31.1 Å². The molecule has 5 aliphatic rings. The Kier molecular flexibility index (Phi) is 9.26. The van der Waals surface area contributed by atoms with Crippen LogP contribution in [0.15, 0.2) is 170 Å². The number of allylic oxidation sites excluding steroid dienone is 4. The lowest BCUT2D eigenvalue weighted by molar-refractivity contribution is 0.660. The predicted molar refractivity (Wildman–Crippen MR) is 296 cm³/mol. The van der Waals surface area contributed by atoms with Crippen LogP contribution in [0.4, 0.5) is 0 Å². The summed E-state index contributed by atoms with van der Waals surface area (Å²) in [6, 6.07) is 56.6. The topological polar surface area (TPSA) is 0 Å². The Morgan fingerprint density at radius 2 is 0.797 bits per heavy atom. The van der Waals surface area contributed by atoms with Crippen LogP contribution in [0.5, 0.6) is 0 Å². The summed E-state index contributed by atoms with van der Waals surface area (Å²) in [5, 5.41) is 5.11. The summed E-state index contributed by atoms with van der Waals surface area (Å²) in [7, 11) is 0. The van der Waals surface area contributed by atoms with Crippen LogP contribution < -0.4 is 0 Å². The van der Waals surface area contributed by atoms with E-state index in [1.54, 1.807) is 22.3 Å². The fraction of sp³-hybridized carbons (Fsp3) is 0.159.